The monoisotopic (exact) mass is 374 g/mol. The van der Waals surface area contributed by atoms with Gasteiger partial charge in [0.15, 0.2) is 0 Å². The van der Waals surface area contributed by atoms with E-state index in [1.165, 1.54) is 12.1 Å². The van der Waals surface area contributed by atoms with Crippen LogP contribution in [0.5, 0.6) is 0 Å². The Bertz CT molecular complexity index is 825. The summed E-state index contributed by atoms with van der Waals surface area (Å²) in [6.07, 6.45) is 1.34. The molecule has 2 aromatic rings. The van der Waals surface area contributed by atoms with Gasteiger partial charge in [-0.1, -0.05) is 6.07 Å². The van der Waals surface area contributed by atoms with Crippen molar-refractivity contribution in [3.63, 3.8) is 0 Å². The van der Waals surface area contributed by atoms with E-state index in [4.69, 9.17) is 9.15 Å². The Morgan fingerprint density at radius 2 is 2.07 bits per heavy atom. The van der Waals surface area contributed by atoms with Crippen LogP contribution in [0.15, 0.2) is 28.7 Å². The number of amides is 1. The highest BCUT2D eigenvalue weighted by molar-refractivity contribution is 5.79. The number of ether oxygens (including phenoxy) is 1. The number of halogens is 1. The maximum Gasteiger partial charge on any atom is 0.309 e. The van der Waals surface area contributed by atoms with Crippen LogP contribution in [0.3, 0.4) is 0 Å². The highest BCUT2D eigenvalue weighted by Gasteiger charge is 2.29. The highest BCUT2D eigenvalue weighted by atomic mass is 19.1. The van der Waals surface area contributed by atoms with Crippen molar-refractivity contribution < 1.29 is 23.1 Å². The first-order chi connectivity index (χ1) is 13.0. The summed E-state index contributed by atoms with van der Waals surface area (Å²) in [6.45, 7) is 4.95. The first kappa shape index (κ1) is 19.1. The summed E-state index contributed by atoms with van der Waals surface area (Å²) in [7, 11) is 0. The van der Waals surface area contributed by atoms with E-state index in [1.807, 2.05) is 0 Å². The van der Waals surface area contributed by atoms with Crippen LogP contribution in [0.2, 0.25) is 0 Å². The molecule has 1 aliphatic heterocycles. The smallest absolute Gasteiger partial charge is 0.309 e. The van der Waals surface area contributed by atoms with Gasteiger partial charge in [0.05, 0.1) is 24.6 Å². The van der Waals surface area contributed by atoms with Crippen LogP contribution < -0.4 is 0 Å². The highest BCUT2D eigenvalue weighted by Crippen LogP contribution is 2.24. The molecule has 0 unspecified atom stereocenters. The zero-order valence-electron chi connectivity index (χ0n) is 15.5. The Hall–Kier alpha value is -2.70. The van der Waals surface area contributed by atoms with Gasteiger partial charge in [-0.25, -0.2) is 9.37 Å². The van der Waals surface area contributed by atoms with Gasteiger partial charge < -0.3 is 14.1 Å². The van der Waals surface area contributed by atoms with E-state index < -0.39 is 0 Å². The van der Waals surface area contributed by atoms with Gasteiger partial charge in [0.25, 0.3) is 0 Å². The molecular formula is C20H23FN2O4. The molecule has 1 aliphatic rings. The number of esters is 1. The summed E-state index contributed by atoms with van der Waals surface area (Å²) in [5, 5.41) is 0. The summed E-state index contributed by atoms with van der Waals surface area (Å²) in [5.74, 6) is 0.101. The first-order valence-corrected chi connectivity index (χ1v) is 9.14. The van der Waals surface area contributed by atoms with Crippen LogP contribution in [0.25, 0.3) is 11.5 Å². The third-order valence-electron chi connectivity index (χ3n) is 4.75. The number of hydrogen-bond acceptors (Lipinski definition) is 5. The van der Waals surface area contributed by atoms with Gasteiger partial charge in [-0.3, -0.25) is 9.59 Å². The van der Waals surface area contributed by atoms with Crippen molar-refractivity contribution in [2.45, 2.75) is 33.1 Å². The molecule has 0 aliphatic carbocycles. The minimum Gasteiger partial charge on any atom is -0.466 e. The van der Waals surface area contributed by atoms with E-state index in [2.05, 4.69) is 4.98 Å². The number of benzene rings is 1. The summed E-state index contributed by atoms with van der Waals surface area (Å²) in [5.41, 5.74) is 1.08. The van der Waals surface area contributed by atoms with Gasteiger partial charge in [0, 0.05) is 18.7 Å². The van der Waals surface area contributed by atoms with Gasteiger partial charge in [-0.15, -0.1) is 0 Å². The fourth-order valence-corrected chi connectivity index (χ4v) is 3.22. The molecule has 1 saturated heterocycles. The quantitative estimate of drug-likeness (QED) is 0.752. The molecule has 0 spiro atoms. The number of carbonyl (C=O) groups is 2. The number of likely N-dealkylation sites (tertiary alicyclic amines) is 1. The average molecular weight is 374 g/mol. The molecule has 0 atom stereocenters. The Labute approximate surface area is 157 Å². The molecule has 27 heavy (non-hydrogen) atoms. The standard InChI is InChI=1S/C20H23FN2O4/c1-3-26-20(25)14-7-9-23(10-8-14)18(24)12-17-13(2)27-19(22-17)15-5-4-6-16(21)11-15/h4-6,11,14H,3,7-10,12H2,1-2H3. The Morgan fingerprint density at radius 3 is 2.74 bits per heavy atom. The number of aryl methyl sites for hydroxylation is 1. The van der Waals surface area contributed by atoms with E-state index in [0.29, 0.717) is 55.4 Å². The fraction of sp³-hybridized carbons (Fsp3) is 0.450. The number of nitrogens with zero attached hydrogens (tertiary/aromatic N) is 2. The molecule has 0 saturated carbocycles. The molecule has 0 N–H and O–H groups in total. The van der Waals surface area contributed by atoms with Crippen LogP contribution in [-0.4, -0.2) is 41.5 Å². The lowest BCUT2D eigenvalue weighted by atomic mass is 9.96. The Kier molecular flexibility index (Phi) is 5.88. The largest absolute Gasteiger partial charge is 0.466 e. The van der Waals surface area contributed by atoms with Crippen molar-refractivity contribution in [1.29, 1.82) is 0 Å². The molecule has 0 bridgehead atoms. The second-order valence-electron chi connectivity index (χ2n) is 6.62. The topological polar surface area (TPSA) is 72.6 Å². The molecule has 1 aromatic heterocycles. The van der Waals surface area contributed by atoms with Crippen LogP contribution in [0.1, 0.15) is 31.2 Å². The van der Waals surface area contributed by atoms with Gasteiger partial charge >= 0.3 is 5.97 Å². The summed E-state index contributed by atoms with van der Waals surface area (Å²) >= 11 is 0. The molecule has 1 amide bonds. The van der Waals surface area contributed by atoms with Crippen molar-refractivity contribution >= 4 is 11.9 Å². The maximum atomic E-state index is 13.4. The van der Waals surface area contributed by atoms with Gasteiger partial charge in [0.2, 0.25) is 11.8 Å². The van der Waals surface area contributed by atoms with Crippen molar-refractivity contribution in [3.8, 4) is 11.5 Å². The predicted molar refractivity (Wildman–Crippen MR) is 96.3 cm³/mol. The Balaban J connectivity index is 1.61. The molecule has 6 nitrogen and oxygen atoms in total. The molecule has 2 heterocycles. The molecule has 144 valence electrons. The molecule has 7 heteroatoms. The third kappa shape index (κ3) is 4.53. The summed E-state index contributed by atoms with van der Waals surface area (Å²) < 4.78 is 24.0. The predicted octanol–water partition coefficient (Wildman–Crippen LogP) is 3.13. The number of piperidine rings is 1. The van der Waals surface area contributed by atoms with Crippen LogP contribution in [0, 0.1) is 18.7 Å². The SMILES string of the molecule is CCOC(=O)C1CCN(C(=O)Cc2nc(-c3cccc(F)c3)oc2C)CC1. The average Bonchev–Trinajstić information content (AvgIpc) is 3.02. The van der Waals surface area contributed by atoms with Gasteiger partial charge in [-0.05, 0) is 44.9 Å². The van der Waals surface area contributed by atoms with E-state index in [0.717, 1.165) is 0 Å². The number of oxazole rings is 1. The number of rotatable bonds is 5. The first-order valence-electron chi connectivity index (χ1n) is 9.14. The molecule has 1 aromatic carbocycles. The van der Waals surface area contributed by atoms with Gasteiger partial charge in [0.1, 0.15) is 11.6 Å². The lowest BCUT2D eigenvalue weighted by Gasteiger charge is -2.30. The van der Waals surface area contributed by atoms with E-state index in [1.54, 1.807) is 30.9 Å². The maximum absolute atomic E-state index is 13.4. The van der Waals surface area contributed by atoms with Crippen molar-refractivity contribution in [1.82, 2.24) is 9.88 Å². The van der Waals surface area contributed by atoms with Crippen LogP contribution in [0.4, 0.5) is 4.39 Å². The van der Waals surface area contributed by atoms with E-state index in [9.17, 15) is 14.0 Å². The number of hydrogen-bond donors (Lipinski definition) is 0. The second kappa shape index (κ2) is 8.33. The fourth-order valence-electron chi connectivity index (χ4n) is 3.22. The van der Waals surface area contributed by atoms with Crippen LogP contribution in [-0.2, 0) is 20.7 Å². The Morgan fingerprint density at radius 1 is 1.33 bits per heavy atom. The molecule has 1 fully saturated rings. The lowest BCUT2D eigenvalue weighted by molar-refractivity contribution is -0.151. The molecule has 3 rings (SSSR count). The van der Waals surface area contributed by atoms with Crippen molar-refractivity contribution in [3.05, 3.63) is 41.5 Å². The van der Waals surface area contributed by atoms with Crippen LogP contribution >= 0.6 is 0 Å². The minimum absolute atomic E-state index is 0.0560. The van der Waals surface area contributed by atoms with Crippen molar-refractivity contribution in [2.24, 2.45) is 5.92 Å². The van der Waals surface area contributed by atoms with Gasteiger partial charge in [-0.2, -0.15) is 0 Å². The summed E-state index contributed by atoms with van der Waals surface area (Å²) in [4.78, 5) is 30.5. The van der Waals surface area contributed by atoms with E-state index in [-0.39, 0.29) is 30.0 Å². The number of aromatic nitrogens is 1. The summed E-state index contributed by atoms with van der Waals surface area (Å²) in [6, 6.07) is 5.99. The normalized spacial score (nSPS) is 15.0. The van der Waals surface area contributed by atoms with E-state index >= 15 is 0 Å². The molecular weight excluding hydrogens is 351 g/mol. The zero-order chi connectivity index (χ0) is 19.4. The van der Waals surface area contributed by atoms with Crippen molar-refractivity contribution in [2.75, 3.05) is 19.7 Å². The number of carbonyl (C=O) groups excluding carboxylic acids is 2. The lowest BCUT2D eigenvalue weighted by Crippen LogP contribution is -2.41. The minimum atomic E-state index is -0.370. The zero-order valence-corrected chi connectivity index (χ0v) is 15.5. The second-order valence-corrected chi connectivity index (χ2v) is 6.62. The molecule has 0 radical (unpaired) electrons. The third-order valence-corrected chi connectivity index (χ3v) is 4.75.